The lowest BCUT2D eigenvalue weighted by Gasteiger charge is -2.14. The van der Waals surface area contributed by atoms with Crippen molar-refractivity contribution >= 4 is 21.8 Å². The lowest BCUT2D eigenvalue weighted by molar-refractivity contribution is 0.100. The lowest BCUT2D eigenvalue weighted by Crippen LogP contribution is -2.12. The van der Waals surface area contributed by atoms with Crippen molar-refractivity contribution in [3.05, 3.63) is 58.1 Å². The molecule has 0 aliphatic carbocycles. The van der Waals surface area contributed by atoms with E-state index in [9.17, 15) is 4.79 Å². The fourth-order valence-electron chi connectivity index (χ4n) is 1.90. The Balaban J connectivity index is 2.16. The Hall–Kier alpha value is -1.85. The number of hydrogen-bond donors (Lipinski definition) is 2. The fourth-order valence-corrected chi connectivity index (χ4v) is 2.60. The molecule has 0 aliphatic rings. The number of nitrogens with two attached hydrogens (primary N) is 1. The molecule has 4 nitrogen and oxygen atoms in total. The molecule has 3 N–H and O–H groups in total. The van der Waals surface area contributed by atoms with E-state index in [0.29, 0.717) is 11.3 Å². The Bertz CT molecular complexity index is 641. The highest BCUT2D eigenvalue weighted by atomic mass is 79.9. The third-order valence-electron chi connectivity index (χ3n) is 3.25. The molecule has 0 aliphatic heterocycles. The van der Waals surface area contributed by atoms with Gasteiger partial charge in [0.25, 0.3) is 0 Å². The second kappa shape index (κ2) is 6.74. The van der Waals surface area contributed by atoms with Crippen LogP contribution < -0.4 is 15.8 Å². The highest BCUT2D eigenvalue weighted by Gasteiger charge is 2.09. The van der Waals surface area contributed by atoms with Crippen LogP contribution in [0.2, 0.25) is 0 Å². The SMILES string of the molecule is CNC(C)c1ccc(Oc2ccc(C(N)=O)cc2)cc1Br. The quantitative estimate of drug-likeness (QED) is 0.867. The summed E-state index contributed by atoms with van der Waals surface area (Å²) in [5.41, 5.74) is 6.82. The van der Waals surface area contributed by atoms with Crippen LogP contribution in [0.15, 0.2) is 46.9 Å². The third-order valence-corrected chi connectivity index (χ3v) is 3.93. The van der Waals surface area contributed by atoms with E-state index >= 15 is 0 Å². The molecule has 5 heteroatoms. The van der Waals surface area contributed by atoms with E-state index in [1.807, 2.05) is 25.2 Å². The first-order valence-corrected chi connectivity index (χ1v) is 7.35. The Morgan fingerprint density at radius 1 is 1.19 bits per heavy atom. The largest absolute Gasteiger partial charge is 0.457 e. The van der Waals surface area contributed by atoms with Crippen molar-refractivity contribution < 1.29 is 9.53 Å². The van der Waals surface area contributed by atoms with Gasteiger partial charge in [-0.1, -0.05) is 22.0 Å². The van der Waals surface area contributed by atoms with Gasteiger partial charge in [0.05, 0.1) is 0 Å². The molecule has 0 saturated carbocycles. The zero-order chi connectivity index (χ0) is 15.4. The number of nitrogens with one attached hydrogen (secondary N) is 1. The van der Waals surface area contributed by atoms with E-state index in [1.165, 1.54) is 0 Å². The number of halogens is 1. The predicted molar refractivity (Wildman–Crippen MR) is 86.7 cm³/mol. The number of benzene rings is 2. The molecule has 0 aromatic heterocycles. The van der Waals surface area contributed by atoms with Crippen LogP contribution >= 0.6 is 15.9 Å². The van der Waals surface area contributed by atoms with Crippen molar-refractivity contribution in [3.63, 3.8) is 0 Å². The maximum Gasteiger partial charge on any atom is 0.248 e. The minimum atomic E-state index is -0.449. The van der Waals surface area contributed by atoms with E-state index in [2.05, 4.69) is 28.2 Å². The second-order valence-electron chi connectivity index (χ2n) is 4.68. The highest BCUT2D eigenvalue weighted by Crippen LogP contribution is 2.30. The summed E-state index contributed by atoms with van der Waals surface area (Å²) in [5, 5.41) is 3.19. The van der Waals surface area contributed by atoms with E-state index in [4.69, 9.17) is 10.5 Å². The number of primary amides is 1. The average Bonchev–Trinajstić information content (AvgIpc) is 2.47. The van der Waals surface area contributed by atoms with E-state index < -0.39 is 5.91 Å². The molecule has 2 aromatic carbocycles. The van der Waals surface area contributed by atoms with Gasteiger partial charge in [-0.2, -0.15) is 0 Å². The summed E-state index contributed by atoms with van der Waals surface area (Å²) in [7, 11) is 1.92. The van der Waals surface area contributed by atoms with Gasteiger partial charge in [-0.25, -0.2) is 0 Å². The Morgan fingerprint density at radius 3 is 2.33 bits per heavy atom. The van der Waals surface area contributed by atoms with E-state index in [1.54, 1.807) is 24.3 Å². The summed E-state index contributed by atoms with van der Waals surface area (Å²) < 4.78 is 6.74. The number of amides is 1. The average molecular weight is 349 g/mol. The van der Waals surface area contributed by atoms with Gasteiger partial charge in [-0.3, -0.25) is 4.79 Å². The first kappa shape index (κ1) is 15.5. The van der Waals surface area contributed by atoms with Crippen molar-refractivity contribution in [1.82, 2.24) is 5.32 Å². The highest BCUT2D eigenvalue weighted by molar-refractivity contribution is 9.10. The first-order valence-electron chi connectivity index (χ1n) is 6.55. The van der Waals surface area contributed by atoms with E-state index in [-0.39, 0.29) is 6.04 Å². The number of hydrogen-bond acceptors (Lipinski definition) is 3. The summed E-state index contributed by atoms with van der Waals surface area (Å²) in [4.78, 5) is 11.0. The zero-order valence-corrected chi connectivity index (χ0v) is 13.5. The maximum atomic E-state index is 11.0. The molecule has 0 heterocycles. The smallest absolute Gasteiger partial charge is 0.248 e. The van der Waals surface area contributed by atoms with Crippen LogP contribution in [-0.2, 0) is 0 Å². The summed E-state index contributed by atoms with van der Waals surface area (Å²) in [5.74, 6) is 0.928. The normalized spacial score (nSPS) is 12.0. The number of carbonyl (C=O) groups is 1. The van der Waals surface area contributed by atoms with Crippen LogP contribution in [0.4, 0.5) is 0 Å². The molecule has 0 fully saturated rings. The topological polar surface area (TPSA) is 64.3 Å². The molecule has 2 aromatic rings. The van der Waals surface area contributed by atoms with Gasteiger partial charge in [0.1, 0.15) is 11.5 Å². The van der Waals surface area contributed by atoms with Gasteiger partial charge in [-0.05, 0) is 55.9 Å². The van der Waals surface area contributed by atoms with Gasteiger partial charge < -0.3 is 15.8 Å². The number of carbonyl (C=O) groups excluding carboxylic acids is 1. The minimum absolute atomic E-state index is 0.253. The van der Waals surface area contributed by atoms with Crippen LogP contribution in [0.3, 0.4) is 0 Å². The van der Waals surface area contributed by atoms with Crippen molar-refractivity contribution in [2.45, 2.75) is 13.0 Å². The summed E-state index contributed by atoms with van der Waals surface area (Å²) >= 11 is 3.55. The van der Waals surface area contributed by atoms with Crippen molar-refractivity contribution in [2.75, 3.05) is 7.05 Å². The summed E-state index contributed by atoms with van der Waals surface area (Å²) in [6, 6.07) is 12.8. The monoisotopic (exact) mass is 348 g/mol. The Kier molecular flexibility index (Phi) is 4.98. The Morgan fingerprint density at radius 2 is 1.81 bits per heavy atom. The van der Waals surface area contributed by atoms with E-state index in [0.717, 1.165) is 15.8 Å². The van der Waals surface area contributed by atoms with Crippen LogP contribution in [0, 0.1) is 0 Å². The molecular formula is C16H17BrN2O2. The molecule has 1 amide bonds. The molecule has 1 unspecified atom stereocenters. The van der Waals surface area contributed by atoms with Gasteiger partial charge in [0, 0.05) is 16.1 Å². The number of ether oxygens (including phenoxy) is 1. The standard InChI is InChI=1S/C16H17BrN2O2/c1-10(19-2)14-8-7-13(9-15(14)17)21-12-5-3-11(4-6-12)16(18)20/h3-10,19H,1-2H3,(H2,18,20). The molecule has 0 saturated heterocycles. The van der Waals surface area contributed by atoms with Crippen LogP contribution in [0.25, 0.3) is 0 Å². The molecule has 0 spiro atoms. The van der Waals surface area contributed by atoms with Crippen LogP contribution in [0.5, 0.6) is 11.5 Å². The van der Waals surface area contributed by atoms with Crippen molar-refractivity contribution in [2.24, 2.45) is 5.73 Å². The van der Waals surface area contributed by atoms with Gasteiger partial charge >= 0.3 is 0 Å². The lowest BCUT2D eigenvalue weighted by atomic mass is 10.1. The van der Waals surface area contributed by atoms with Crippen LogP contribution in [-0.4, -0.2) is 13.0 Å². The van der Waals surface area contributed by atoms with Crippen molar-refractivity contribution in [1.29, 1.82) is 0 Å². The maximum absolute atomic E-state index is 11.0. The van der Waals surface area contributed by atoms with Gasteiger partial charge in [0.2, 0.25) is 5.91 Å². The third kappa shape index (κ3) is 3.83. The molecule has 0 bridgehead atoms. The summed E-state index contributed by atoms with van der Waals surface area (Å²) in [6.07, 6.45) is 0. The molecule has 21 heavy (non-hydrogen) atoms. The molecule has 110 valence electrons. The second-order valence-corrected chi connectivity index (χ2v) is 5.54. The molecule has 0 radical (unpaired) electrons. The predicted octanol–water partition coefficient (Wildman–Crippen LogP) is 3.62. The molecular weight excluding hydrogens is 332 g/mol. The van der Waals surface area contributed by atoms with Crippen molar-refractivity contribution in [3.8, 4) is 11.5 Å². The Labute approximate surface area is 132 Å². The first-order chi connectivity index (χ1) is 10.0. The number of rotatable bonds is 5. The molecule has 1 atom stereocenters. The molecule has 2 rings (SSSR count). The minimum Gasteiger partial charge on any atom is -0.457 e. The fraction of sp³-hybridized carbons (Fsp3) is 0.188. The summed E-state index contributed by atoms with van der Waals surface area (Å²) in [6.45, 7) is 2.09. The van der Waals surface area contributed by atoms with Gasteiger partial charge in [-0.15, -0.1) is 0 Å². The van der Waals surface area contributed by atoms with Crippen LogP contribution in [0.1, 0.15) is 28.9 Å². The van der Waals surface area contributed by atoms with Gasteiger partial charge in [0.15, 0.2) is 0 Å². The zero-order valence-electron chi connectivity index (χ0n) is 11.9.